The summed E-state index contributed by atoms with van der Waals surface area (Å²) in [5.41, 5.74) is 0. The lowest BCUT2D eigenvalue weighted by Gasteiger charge is -2.16. The highest BCUT2D eigenvalue weighted by Crippen LogP contribution is 2.15. The van der Waals surface area contributed by atoms with E-state index in [0.29, 0.717) is 0 Å². The van der Waals surface area contributed by atoms with Gasteiger partial charge in [-0.25, -0.2) is 0 Å². The molecule has 10 heavy (non-hydrogen) atoms. The molecule has 0 unspecified atom stereocenters. The minimum absolute atomic E-state index is 0.130. The third kappa shape index (κ3) is 1.46. The van der Waals surface area contributed by atoms with Gasteiger partial charge in [-0.3, -0.25) is 0 Å². The highest BCUT2D eigenvalue weighted by molar-refractivity contribution is 5.18. The van der Waals surface area contributed by atoms with Gasteiger partial charge < -0.3 is 9.47 Å². The molecule has 0 saturated carbocycles. The third-order valence-electron chi connectivity index (χ3n) is 1.56. The average Bonchev–Trinajstić information content (AvgIpc) is 2.43. The zero-order valence-corrected chi connectivity index (χ0v) is 6.28. The van der Waals surface area contributed by atoms with E-state index in [-0.39, 0.29) is 12.2 Å². The maximum absolute atomic E-state index is 5.06. The first-order valence-electron chi connectivity index (χ1n) is 3.29. The molecule has 0 aromatic rings. The van der Waals surface area contributed by atoms with Crippen LogP contribution in [0.4, 0.5) is 0 Å². The summed E-state index contributed by atoms with van der Waals surface area (Å²) in [7, 11) is 3.29. The van der Waals surface area contributed by atoms with Crippen molar-refractivity contribution in [2.24, 2.45) is 5.92 Å². The molecule has 0 aromatic carbocycles. The SMILES string of the molecule is COC(OC)C1C=CC=C1. The van der Waals surface area contributed by atoms with Crippen LogP contribution in [0.25, 0.3) is 0 Å². The lowest BCUT2D eigenvalue weighted by Crippen LogP contribution is -2.20. The summed E-state index contributed by atoms with van der Waals surface area (Å²) in [6.07, 6.45) is 7.97. The maximum Gasteiger partial charge on any atom is 0.166 e. The summed E-state index contributed by atoms with van der Waals surface area (Å²) in [5.74, 6) is 0.287. The van der Waals surface area contributed by atoms with Gasteiger partial charge in [0.25, 0.3) is 0 Å². The van der Waals surface area contributed by atoms with Crippen molar-refractivity contribution in [1.29, 1.82) is 0 Å². The van der Waals surface area contributed by atoms with Crippen LogP contribution in [-0.4, -0.2) is 20.5 Å². The minimum atomic E-state index is -0.130. The zero-order valence-electron chi connectivity index (χ0n) is 6.28. The van der Waals surface area contributed by atoms with Gasteiger partial charge >= 0.3 is 0 Å². The second-order valence-electron chi connectivity index (χ2n) is 2.19. The molecule has 0 aromatic heterocycles. The minimum Gasteiger partial charge on any atom is -0.355 e. The molecule has 1 aliphatic carbocycles. The summed E-state index contributed by atoms with van der Waals surface area (Å²) in [6, 6.07) is 0. The Morgan fingerprint density at radius 3 is 2.00 bits per heavy atom. The molecule has 0 heterocycles. The summed E-state index contributed by atoms with van der Waals surface area (Å²) in [5, 5.41) is 0. The van der Waals surface area contributed by atoms with Crippen LogP contribution < -0.4 is 0 Å². The fraction of sp³-hybridized carbons (Fsp3) is 0.500. The van der Waals surface area contributed by atoms with Crippen molar-refractivity contribution in [1.82, 2.24) is 0 Å². The third-order valence-corrected chi connectivity index (χ3v) is 1.56. The first-order chi connectivity index (χ1) is 4.88. The molecule has 2 heteroatoms. The van der Waals surface area contributed by atoms with E-state index in [1.54, 1.807) is 14.2 Å². The normalized spacial score (nSPS) is 17.5. The van der Waals surface area contributed by atoms with Gasteiger partial charge in [-0.2, -0.15) is 0 Å². The Morgan fingerprint density at radius 1 is 1.10 bits per heavy atom. The predicted molar refractivity (Wildman–Crippen MR) is 39.6 cm³/mol. The van der Waals surface area contributed by atoms with E-state index in [1.165, 1.54) is 0 Å². The molecule has 56 valence electrons. The van der Waals surface area contributed by atoms with Gasteiger partial charge in [-0.05, 0) is 0 Å². The summed E-state index contributed by atoms with van der Waals surface area (Å²) in [6.45, 7) is 0. The summed E-state index contributed by atoms with van der Waals surface area (Å²) in [4.78, 5) is 0. The molecule has 0 N–H and O–H groups in total. The van der Waals surface area contributed by atoms with E-state index in [9.17, 15) is 0 Å². The van der Waals surface area contributed by atoms with Crippen molar-refractivity contribution in [3.63, 3.8) is 0 Å². The molecule has 0 fully saturated rings. The van der Waals surface area contributed by atoms with Gasteiger partial charge in [0.05, 0.1) is 0 Å². The maximum atomic E-state index is 5.06. The van der Waals surface area contributed by atoms with E-state index in [2.05, 4.69) is 12.2 Å². The molecule has 0 bridgehead atoms. The van der Waals surface area contributed by atoms with Gasteiger partial charge in [0.15, 0.2) is 6.29 Å². The quantitative estimate of drug-likeness (QED) is 0.551. The van der Waals surface area contributed by atoms with Gasteiger partial charge in [0.1, 0.15) is 0 Å². The molecular weight excluding hydrogens is 128 g/mol. The Kier molecular flexibility index (Phi) is 2.66. The van der Waals surface area contributed by atoms with Crippen LogP contribution in [-0.2, 0) is 9.47 Å². The largest absolute Gasteiger partial charge is 0.355 e. The summed E-state index contributed by atoms with van der Waals surface area (Å²) >= 11 is 0. The van der Waals surface area contributed by atoms with E-state index in [4.69, 9.17) is 9.47 Å². The molecule has 0 atom stereocenters. The standard InChI is InChI=1S/C8H12O2/c1-9-8(10-2)7-5-3-4-6-7/h3-8H,1-2H3. The Hall–Kier alpha value is -0.600. The Morgan fingerprint density at radius 2 is 1.60 bits per heavy atom. The second-order valence-corrected chi connectivity index (χ2v) is 2.19. The highest BCUT2D eigenvalue weighted by Gasteiger charge is 2.16. The molecule has 1 aliphatic rings. The van der Waals surface area contributed by atoms with Crippen molar-refractivity contribution in [3.05, 3.63) is 24.3 Å². The van der Waals surface area contributed by atoms with Crippen LogP contribution in [0.3, 0.4) is 0 Å². The number of ether oxygens (including phenoxy) is 2. The van der Waals surface area contributed by atoms with Gasteiger partial charge in [-0.15, -0.1) is 0 Å². The van der Waals surface area contributed by atoms with Gasteiger partial charge in [0.2, 0.25) is 0 Å². The van der Waals surface area contributed by atoms with Crippen LogP contribution in [0.5, 0.6) is 0 Å². The van der Waals surface area contributed by atoms with Crippen molar-refractivity contribution >= 4 is 0 Å². The first-order valence-corrected chi connectivity index (χ1v) is 3.29. The number of allylic oxidation sites excluding steroid dienone is 2. The lowest BCUT2D eigenvalue weighted by molar-refractivity contribution is -0.116. The van der Waals surface area contributed by atoms with E-state index in [0.717, 1.165) is 0 Å². The molecule has 0 saturated heterocycles. The van der Waals surface area contributed by atoms with Crippen molar-refractivity contribution in [2.45, 2.75) is 6.29 Å². The molecule has 1 rings (SSSR count). The lowest BCUT2D eigenvalue weighted by atomic mass is 10.2. The monoisotopic (exact) mass is 140 g/mol. The molecular formula is C8H12O2. The summed E-state index contributed by atoms with van der Waals surface area (Å²) < 4.78 is 10.1. The van der Waals surface area contributed by atoms with Crippen LogP contribution in [0.2, 0.25) is 0 Å². The molecule has 0 aliphatic heterocycles. The molecule has 2 nitrogen and oxygen atoms in total. The van der Waals surface area contributed by atoms with E-state index in [1.807, 2.05) is 12.2 Å². The molecule has 0 amide bonds. The predicted octanol–water partition coefficient (Wildman–Crippen LogP) is 1.35. The van der Waals surface area contributed by atoms with Crippen LogP contribution in [0.15, 0.2) is 24.3 Å². The fourth-order valence-corrected chi connectivity index (χ4v) is 1.04. The van der Waals surface area contributed by atoms with Crippen LogP contribution in [0, 0.1) is 5.92 Å². The van der Waals surface area contributed by atoms with Gasteiger partial charge in [0, 0.05) is 20.1 Å². The smallest absolute Gasteiger partial charge is 0.166 e. The Labute approximate surface area is 61.1 Å². The highest BCUT2D eigenvalue weighted by atomic mass is 16.7. The molecule has 0 radical (unpaired) electrons. The van der Waals surface area contributed by atoms with E-state index >= 15 is 0 Å². The Balaban J connectivity index is 2.45. The number of hydrogen-bond donors (Lipinski definition) is 0. The van der Waals surface area contributed by atoms with Crippen molar-refractivity contribution < 1.29 is 9.47 Å². The van der Waals surface area contributed by atoms with E-state index < -0.39 is 0 Å². The number of methoxy groups -OCH3 is 2. The fourth-order valence-electron chi connectivity index (χ4n) is 1.04. The number of hydrogen-bond acceptors (Lipinski definition) is 2. The first kappa shape index (κ1) is 7.51. The van der Waals surface area contributed by atoms with Crippen LogP contribution in [0.1, 0.15) is 0 Å². The second kappa shape index (κ2) is 3.54. The topological polar surface area (TPSA) is 18.5 Å². The van der Waals surface area contributed by atoms with Crippen molar-refractivity contribution in [2.75, 3.05) is 14.2 Å². The van der Waals surface area contributed by atoms with Crippen LogP contribution >= 0.6 is 0 Å². The average molecular weight is 140 g/mol. The van der Waals surface area contributed by atoms with Gasteiger partial charge in [-0.1, -0.05) is 24.3 Å². The van der Waals surface area contributed by atoms with Crippen molar-refractivity contribution in [3.8, 4) is 0 Å². The molecule has 0 spiro atoms. The number of rotatable bonds is 3. The Bertz CT molecular complexity index is 133. The zero-order chi connectivity index (χ0) is 7.40.